The molecule has 1 saturated heterocycles. The number of urea groups is 1. The summed E-state index contributed by atoms with van der Waals surface area (Å²) < 4.78 is 30.3. The zero-order valence-corrected chi connectivity index (χ0v) is 19.9. The SMILES string of the molecule is COC(OC)c1nc2c(cc1CN1C(=O)OCC13CC3)CCCN2C(=O)Nc1cc(F)c(C#N)cn1. The van der Waals surface area contributed by atoms with Crippen molar-refractivity contribution in [3.8, 4) is 6.07 Å². The van der Waals surface area contributed by atoms with Crippen LogP contribution in [0.15, 0.2) is 18.3 Å². The summed E-state index contributed by atoms with van der Waals surface area (Å²) in [5.41, 5.74) is 1.57. The van der Waals surface area contributed by atoms with Crippen molar-refractivity contribution in [1.29, 1.82) is 5.26 Å². The first-order chi connectivity index (χ1) is 17.4. The van der Waals surface area contributed by atoms with E-state index >= 15 is 0 Å². The lowest BCUT2D eigenvalue weighted by Crippen LogP contribution is -2.40. The molecule has 12 heteroatoms. The van der Waals surface area contributed by atoms with Crippen LogP contribution in [0.3, 0.4) is 0 Å². The maximum absolute atomic E-state index is 14.0. The molecule has 1 spiro atoms. The number of anilines is 2. The molecule has 0 atom stereocenters. The molecule has 0 aromatic carbocycles. The fourth-order valence-electron chi connectivity index (χ4n) is 4.67. The molecule has 1 N–H and O–H groups in total. The van der Waals surface area contributed by atoms with E-state index in [1.165, 1.54) is 19.1 Å². The third-order valence-electron chi connectivity index (χ3n) is 6.79. The number of halogens is 1. The van der Waals surface area contributed by atoms with Gasteiger partial charge in [-0.15, -0.1) is 0 Å². The average molecular weight is 496 g/mol. The van der Waals surface area contributed by atoms with Gasteiger partial charge in [0.25, 0.3) is 0 Å². The van der Waals surface area contributed by atoms with Gasteiger partial charge in [0, 0.05) is 26.8 Å². The molecule has 2 aliphatic heterocycles. The molecule has 3 amide bonds. The first-order valence-corrected chi connectivity index (χ1v) is 11.6. The Morgan fingerprint density at radius 3 is 2.81 bits per heavy atom. The Morgan fingerprint density at radius 1 is 1.36 bits per heavy atom. The van der Waals surface area contributed by atoms with Gasteiger partial charge in [0.15, 0.2) is 0 Å². The van der Waals surface area contributed by atoms with E-state index in [0.717, 1.165) is 36.2 Å². The molecule has 1 aliphatic carbocycles. The number of cyclic esters (lactones) is 1. The predicted molar refractivity (Wildman–Crippen MR) is 123 cm³/mol. The van der Waals surface area contributed by atoms with Crippen LogP contribution in [0.2, 0.25) is 0 Å². The van der Waals surface area contributed by atoms with Gasteiger partial charge >= 0.3 is 12.1 Å². The monoisotopic (exact) mass is 496 g/mol. The highest BCUT2D eigenvalue weighted by Crippen LogP contribution is 2.47. The lowest BCUT2D eigenvalue weighted by atomic mass is 10.0. The molecule has 0 radical (unpaired) electrons. The van der Waals surface area contributed by atoms with Crippen LogP contribution in [0.25, 0.3) is 0 Å². The van der Waals surface area contributed by atoms with Gasteiger partial charge in [-0.05, 0) is 42.9 Å². The molecule has 1 saturated carbocycles. The summed E-state index contributed by atoms with van der Waals surface area (Å²) in [6, 6.07) is 4.09. The molecule has 5 rings (SSSR count). The average Bonchev–Trinajstić information content (AvgIpc) is 3.60. The van der Waals surface area contributed by atoms with Crippen LogP contribution in [0.4, 0.5) is 25.6 Å². The topological polar surface area (TPSA) is 130 Å². The maximum Gasteiger partial charge on any atom is 0.410 e. The van der Waals surface area contributed by atoms with E-state index in [2.05, 4.69) is 10.3 Å². The summed E-state index contributed by atoms with van der Waals surface area (Å²) in [7, 11) is 2.97. The van der Waals surface area contributed by atoms with Gasteiger partial charge in [-0.2, -0.15) is 5.26 Å². The van der Waals surface area contributed by atoms with Crippen LogP contribution in [-0.4, -0.2) is 59.9 Å². The highest BCUT2D eigenvalue weighted by molar-refractivity contribution is 6.01. The Morgan fingerprint density at radius 2 is 2.14 bits per heavy atom. The summed E-state index contributed by atoms with van der Waals surface area (Å²) in [5.74, 6) is -0.367. The van der Waals surface area contributed by atoms with Crippen LogP contribution in [-0.2, 0) is 27.2 Å². The van der Waals surface area contributed by atoms with Gasteiger partial charge < -0.3 is 14.2 Å². The summed E-state index contributed by atoms with van der Waals surface area (Å²) in [4.78, 5) is 37.5. The van der Waals surface area contributed by atoms with E-state index in [-0.39, 0.29) is 29.6 Å². The number of rotatable bonds is 6. The number of carbonyl (C=O) groups excluding carboxylic acids is 2. The van der Waals surface area contributed by atoms with Gasteiger partial charge in [-0.1, -0.05) is 0 Å². The molecule has 4 heterocycles. The Kier molecular flexibility index (Phi) is 6.19. The molecular weight excluding hydrogens is 471 g/mol. The zero-order chi connectivity index (χ0) is 25.4. The van der Waals surface area contributed by atoms with Crippen molar-refractivity contribution < 1.29 is 28.2 Å². The highest BCUT2D eigenvalue weighted by atomic mass is 19.1. The van der Waals surface area contributed by atoms with Gasteiger partial charge in [0.1, 0.15) is 41.4 Å². The number of fused-ring (bicyclic) bond motifs is 1. The van der Waals surface area contributed by atoms with E-state index in [9.17, 15) is 14.0 Å². The summed E-state index contributed by atoms with van der Waals surface area (Å²) in [6.07, 6.45) is 3.04. The predicted octanol–water partition coefficient (Wildman–Crippen LogP) is 3.25. The summed E-state index contributed by atoms with van der Waals surface area (Å²) >= 11 is 0. The van der Waals surface area contributed by atoms with Crippen molar-refractivity contribution in [1.82, 2.24) is 14.9 Å². The molecular formula is C24H25FN6O5. The highest BCUT2D eigenvalue weighted by Gasteiger charge is 2.56. The van der Waals surface area contributed by atoms with Crippen molar-refractivity contribution in [2.24, 2.45) is 0 Å². The number of aromatic nitrogens is 2. The van der Waals surface area contributed by atoms with Gasteiger partial charge in [-0.3, -0.25) is 15.1 Å². The second-order valence-electron chi connectivity index (χ2n) is 9.03. The van der Waals surface area contributed by atoms with Crippen LogP contribution < -0.4 is 10.2 Å². The number of nitriles is 1. The van der Waals surface area contributed by atoms with Gasteiger partial charge in [0.2, 0.25) is 6.29 Å². The number of nitrogens with one attached hydrogen (secondary N) is 1. The molecule has 2 fully saturated rings. The number of ether oxygens (including phenoxy) is 3. The van der Waals surface area contributed by atoms with Crippen LogP contribution in [0.5, 0.6) is 0 Å². The number of carbonyl (C=O) groups is 2. The molecule has 2 aromatic rings. The Bertz CT molecular complexity index is 1260. The smallest absolute Gasteiger partial charge is 0.410 e. The minimum absolute atomic E-state index is 0.0191. The van der Waals surface area contributed by atoms with Crippen molar-refractivity contribution >= 4 is 23.8 Å². The lowest BCUT2D eigenvalue weighted by Gasteiger charge is -2.31. The number of methoxy groups -OCH3 is 2. The molecule has 188 valence electrons. The Labute approximate surface area is 206 Å². The molecule has 36 heavy (non-hydrogen) atoms. The Hall–Kier alpha value is -3.82. The third-order valence-corrected chi connectivity index (χ3v) is 6.79. The normalized spacial score (nSPS) is 17.7. The van der Waals surface area contributed by atoms with E-state index in [4.69, 9.17) is 24.5 Å². The number of amides is 3. The van der Waals surface area contributed by atoms with E-state index in [1.807, 2.05) is 6.07 Å². The fraction of sp³-hybridized carbons (Fsp3) is 0.458. The van der Waals surface area contributed by atoms with Crippen LogP contribution in [0.1, 0.15) is 47.9 Å². The molecule has 11 nitrogen and oxygen atoms in total. The lowest BCUT2D eigenvalue weighted by molar-refractivity contribution is -0.109. The number of hydrogen-bond donors (Lipinski definition) is 1. The molecule has 0 unspecified atom stereocenters. The number of nitrogens with zero attached hydrogens (tertiary/aromatic N) is 5. The molecule has 3 aliphatic rings. The number of aryl methyl sites for hydroxylation is 1. The van der Waals surface area contributed by atoms with Gasteiger partial charge in [0.05, 0.1) is 18.3 Å². The maximum atomic E-state index is 14.0. The third kappa shape index (κ3) is 4.20. The molecule has 0 bridgehead atoms. The summed E-state index contributed by atoms with van der Waals surface area (Å²) in [5, 5.41) is 11.5. The van der Waals surface area contributed by atoms with Crippen molar-refractivity contribution in [3.63, 3.8) is 0 Å². The van der Waals surface area contributed by atoms with Crippen molar-refractivity contribution in [3.05, 3.63) is 46.5 Å². The standard InChI is InChI=1S/C24H25FN6O5/c1-34-21(35-2)19-15(12-31-23(33)36-13-24(31)5-6-24)8-14-4-3-7-30(20(14)29-19)22(32)28-18-9-17(25)16(10-26)11-27-18/h8-9,11,21H,3-7,12-13H2,1-2H3,(H,27,28,32). The summed E-state index contributed by atoms with van der Waals surface area (Å²) in [6.45, 7) is 1.06. The van der Waals surface area contributed by atoms with Crippen LogP contribution >= 0.6 is 0 Å². The Balaban J connectivity index is 1.46. The first-order valence-electron chi connectivity index (χ1n) is 11.6. The largest absolute Gasteiger partial charge is 0.447 e. The fourth-order valence-corrected chi connectivity index (χ4v) is 4.67. The number of pyridine rings is 2. The minimum atomic E-state index is -0.819. The van der Waals surface area contributed by atoms with Crippen LogP contribution in [0, 0.1) is 17.1 Å². The quantitative estimate of drug-likeness (QED) is 0.604. The zero-order valence-electron chi connectivity index (χ0n) is 19.9. The van der Waals surface area contributed by atoms with Gasteiger partial charge in [-0.25, -0.2) is 23.9 Å². The molecule has 2 aromatic heterocycles. The van der Waals surface area contributed by atoms with E-state index in [0.29, 0.717) is 37.5 Å². The van der Waals surface area contributed by atoms with Crippen molar-refractivity contribution in [2.45, 2.75) is 44.1 Å². The second kappa shape index (κ2) is 9.33. The van der Waals surface area contributed by atoms with E-state index < -0.39 is 18.1 Å². The van der Waals surface area contributed by atoms with E-state index in [1.54, 1.807) is 11.0 Å². The minimum Gasteiger partial charge on any atom is -0.447 e. The number of hydrogen-bond acceptors (Lipinski definition) is 8. The second-order valence-corrected chi connectivity index (χ2v) is 9.03. The first kappa shape index (κ1) is 23.9. The van der Waals surface area contributed by atoms with Crippen molar-refractivity contribution in [2.75, 3.05) is 37.6 Å².